The molecular formula is C15H16N2O3. The molecule has 0 spiro atoms. The average molecular weight is 272 g/mol. The Kier molecular flexibility index (Phi) is 3.04. The number of pyridine rings is 1. The van der Waals surface area contributed by atoms with Gasteiger partial charge in [-0.05, 0) is 32.3 Å². The van der Waals surface area contributed by atoms with Gasteiger partial charge in [-0.15, -0.1) is 0 Å². The van der Waals surface area contributed by atoms with Gasteiger partial charge in [0.25, 0.3) is 0 Å². The summed E-state index contributed by atoms with van der Waals surface area (Å²) < 4.78 is 0. The molecule has 0 bridgehead atoms. The smallest absolute Gasteiger partial charge is 0.237 e. The van der Waals surface area contributed by atoms with Crippen molar-refractivity contribution in [1.82, 2.24) is 4.98 Å². The van der Waals surface area contributed by atoms with Crippen LogP contribution in [0.5, 0.6) is 0 Å². The van der Waals surface area contributed by atoms with Crippen LogP contribution in [0.15, 0.2) is 12.1 Å². The Balaban J connectivity index is 2.18. The first-order valence-corrected chi connectivity index (χ1v) is 6.84. The number of anilines is 1. The van der Waals surface area contributed by atoms with Gasteiger partial charge in [-0.3, -0.25) is 9.59 Å². The molecule has 3 rings (SSSR count). The van der Waals surface area contributed by atoms with E-state index in [1.807, 2.05) is 13.0 Å². The molecule has 1 fully saturated rings. The summed E-state index contributed by atoms with van der Waals surface area (Å²) in [6.45, 7) is 3.55. The van der Waals surface area contributed by atoms with E-state index in [4.69, 9.17) is 0 Å². The van der Waals surface area contributed by atoms with Crippen LogP contribution < -0.4 is 4.90 Å². The molecule has 0 amide bonds. The number of piperidine rings is 1. The number of carbonyl (C=O) groups excluding carboxylic acids is 2. The number of nitrogens with zero attached hydrogens (tertiary/aromatic N) is 2. The van der Waals surface area contributed by atoms with Gasteiger partial charge in [-0.1, -0.05) is 0 Å². The van der Waals surface area contributed by atoms with Gasteiger partial charge in [-0.2, -0.15) is 0 Å². The van der Waals surface area contributed by atoms with Crippen molar-refractivity contribution in [3.8, 4) is 0 Å². The molecule has 0 aromatic carbocycles. The number of aryl methyl sites for hydroxylation is 1. The number of fused-ring (bicyclic) bond motifs is 1. The molecule has 0 unspecified atom stereocenters. The Labute approximate surface area is 116 Å². The number of Topliss-reactive ketones (excluding diaryl/α,β-unsaturated/α-hetero) is 1. The Hall–Kier alpha value is -2.17. The molecule has 0 radical (unpaired) electrons. The molecule has 1 aromatic heterocycles. The fourth-order valence-corrected chi connectivity index (χ4v) is 2.83. The van der Waals surface area contributed by atoms with E-state index in [0.717, 1.165) is 43.4 Å². The maximum atomic E-state index is 12.2. The lowest BCUT2D eigenvalue weighted by Gasteiger charge is -2.31. The number of hydrogen-bond donors (Lipinski definition) is 1. The quantitative estimate of drug-likeness (QED) is 0.792. The first-order valence-electron chi connectivity index (χ1n) is 6.84. The molecule has 1 N–H and O–H groups in total. The zero-order chi connectivity index (χ0) is 14.3. The molecule has 2 heterocycles. The number of hydrogen-bond acceptors (Lipinski definition) is 5. The Morgan fingerprint density at radius 1 is 1.20 bits per heavy atom. The van der Waals surface area contributed by atoms with Crippen molar-refractivity contribution >= 4 is 23.0 Å². The van der Waals surface area contributed by atoms with Crippen LogP contribution in [0.1, 0.15) is 41.0 Å². The monoisotopic (exact) mass is 272 g/mol. The van der Waals surface area contributed by atoms with Crippen LogP contribution in [0.25, 0.3) is 5.76 Å². The van der Waals surface area contributed by atoms with Crippen LogP contribution in [0.4, 0.5) is 5.69 Å². The van der Waals surface area contributed by atoms with E-state index in [0.29, 0.717) is 0 Å². The zero-order valence-electron chi connectivity index (χ0n) is 11.3. The van der Waals surface area contributed by atoms with Gasteiger partial charge in [-0.25, -0.2) is 4.98 Å². The van der Waals surface area contributed by atoms with Crippen molar-refractivity contribution in [2.24, 2.45) is 0 Å². The van der Waals surface area contributed by atoms with Gasteiger partial charge in [0.15, 0.2) is 0 Å². The summed E-state index contributed by atoms with van der Waals surface area (Å²) in [7, 11) is 0. The van der Waals surface area contributed by atoms with Crippen LogP contribution in [-0.4, -0.2) is 34.7 Å². The molecule has 20 heavy (non-hydrogen) atoms. The number of aliphatic hydroxyl groups excluding tert-OH is 1. The highest BCUT2D eigenvalue weighted by atomic mass is 16.3. The van der Waals surface area contributed by atoms with Crippen molar-refractivity contribution in [1.29, 1.82) is 0 Å². The molecule has 1 saturated heterocycles. The topological polar surface area (TPSA) is 70.5 Å². The summed E-state index contributed by atoms with van der Waals surface area (Å²) in [4.78, 5) is 30.1. The number of carbonyl (C=O) groups is 2. The molecule has 2 aliphatic rings. The van der Waals surface area contributed by atoms with Crippen LogP contribution in [-0.2, 0) is 4.79 Å². The molecule has 5 heteroatoms. The minimum Gasteiger partial charge on any atom is -0.506 e. The summed E-state index contributed by atoms with van der Waals surface area (Å²) >= 11 is 0. The van der Waals surface area contributed by atoms with E-state index in [9.17, 15) is 14.7 Å². The minimum atomic E-state index is -0.682. The second kappa shape index (κ2) is 4.74. The Morgan fingerprint density at radius 3 is 2.60 bits per heavy atom. The third-order valence-corrected chi connectivity index (χ3v) is 3.78. The van der Waals surface area contributed by atoms with Gasteiger partial charge in [0.1, 0.15) is 11.5 Å². The highest BCUT2D eigenvalue weighted by Gasteiger charge is 2.32. The summed E-state index contributed by atoms with van der Waals surface area (Å²) in [5.41, 5.74) is 1.94. The molecule has 1 aliphatic heterocycles. The minimum absolute atomic E-state index is 0.216. The summed E-state index contributed by atoms with van der Waals surface area (Å²) in [5.74, 6) is -1.48. The van der Waals surface area contributed by atoms with E-state index < -0.39 is 11.6 Å². The van der Waals surface area contributed by atoms with Crippen molar-refractivity contribution in [2.75, 3.05) is 18.0 Å². The maximum Gasteiger partial charge on any atom is 0.237 e. The number of rotatable bonds is 1. The summed E-state index contributed by atoms with van der Waals surface area (Å²) in [5, 5.41) is 9.90. The van der Waals surface area contributed by atoms with Crippen molar-refractivity contribution < 1.29 is 14.7 Å². The predicted molar refractivity (Wildman–Crippen MR) is 75.0 cm³/mol. The SMILES string of the molecule is Cc1cc(N2CCCCC2)c2c(n1)C(O)=CC(=O)C2=O. The highest BCUT2D eigenvalue weighted by Crippen LogP contribution is 2.32. The third-order valence-electron chi connectivity index (χ3n) is 3.78. The highest BCUT2D eigenvalue weighted by molar-refractivity contribution is 6.51. The Bertz CT molecular complexity index is 628. The molecule has 5 nitrogen and oxygen atoms in total. The number of ketones is 2. The predicted octanol–water partition coefficient (Wildman–Crippen LogP) is 2.04. The van der Waals surface area contributed by atoms with E-state index >= 15 is 0 Å². The van der Waals surface area contributed by atoms with Gasteiger partial charge in [0, 0.05) is 24.9 Å². The van der Waals surface area contributed by atoms with Crippen LogP contribution >= 0.6 is 0 Å². The van der Waals surface area contributed by atoms with Gasteiger partial charge in [0.05, 0.1) is 11.3 Å². The fraction of sp³-hybridized carbons (Fsp3) is 0.400. The van der Waals surface area contributed by atoms with Gasteiger partial charge < -0.3 is 10.0 Å². The van der Waals surface area contributed by atoms with E-state index in [1.54, 1.807) is 0 Å². The lowest BCUT2D eigenvalue weighted by molar-refractivity contribution is -0.111. The molecular weight excluding hydrogens is 256 g/mol. The molecule has 104 valence electrons. The fourth-order valence-electron chi connectivity index (χ4n) is 2.83. The van der Waals surface area contributed by atoms with Crippen LogP contribution in [0.2, 0.25) is 0 Å². The van der Waals surface area contributed by atoms with Crippen molar-refractivity contribution in [3.63, 3.8) is 0 Å². The van der Waals surface area contributed by atoms with E-state index in [2.05, 4.69) is 9.88 Å². The van der Waals surface area contributed by atoms with E-state index in [1.165, 1.54) is 6.42 Å². The van der Waals surface area contributed by atoms with Gasteiger partial charge >= 0.3 is 0 Å². The second-order valence-corrected chi connectivity index (χ2v) is 5.28. The lowest BCUT2D eigenvalue weighted by atomic mass is 9.94. The number of aliphatic hydroxyl groups is 1. The average Bonchev–Trinajstić information content (AvgIpc) is 2.45. The standard InChI is InChI=1S/C15H16N2O3/c1-9-7-10(17-5-3-2-4-6-17)13-14(16-9)11(18)8-12(19)15(13)20/h7-8,18H,2-6H2,1H3. The first kappa shape index (κ1) is 12.8. The molecule has 1 aromatic rings. The second-order valence-electron chi connectivity index (χ2n) is 5.28. The summed E-state index contributed by atoms with van der Waals surface area (Å²) in [6.07, 6.45) is 4.28. The largest absolute Gasteiger partial charge is 0.506 e. The van der Waals surface area contributed by atoms with Gasteiger partial charge in [0.2, 0.25) is 11.6 Å². The first-order chi connectivity index (χ1) is 9.58. The molecule has 0 saturated carbocycles. The normalized spacial score (nSPS) is 18.9. The van der Waals surface area contributed by atoms with Crippen LogP contribution in [0.3, 0.4) is 0 Å². The lowest BCUT2D eigenvalue weighted by Crippen LogP contribution is -2.33. The summed E-state index contributed by atoms with van der Waals surface area (Å²) in [6, 6.07) is 1.83. The zero-order valence-corrected chi connectivity index (χ0v) is 11.3. The third kappa shape index (κ3) is 1.99. The van der Waals surface area contributed by atoms with E-state index in [-0.39, 0.29) is 17.0 Å². The van der Waals surface area contributed by atoms with Crippen LogP contribution in [0, 0.1) is 6.92 Å². The number of allylic oxidation sites excluding steroid dienone is 1. The maximum absolute atomic E-state index is 12.2. The Morgan fingerprint density at radius 2 is 1.90 bits per heavy atom. The van der Waals surface area contributed by atoms with Crippen molar-refractivity contribution in [2.45, 2.75) is 26.2 Å². The number of aromatic nitrogens is 1. The van der Waals surface area contributed by atoms with Crippen molar-refractivity contribution in [3.05, 3.63) is 29.1 Å². The molecule has 1 aliphatic carbocycles. The molecule has 0 atom stereocenters.